The van der Waals surface area contributed by atoms with Crippen molar-refractivity contribution in [2.45, 2.75) is 6.92 Å². The average Bonchev–Trinajstić information content (AvgIpc) is 3.11. The molecule has 0 bridgehead atoms. The molecule has 0 saturated heterocycles. The molecule has 134 valence electrons. The Balaban J connectivity index is 1.96. The van der Waals surface area contributed by atoms with Crippen LogP contribution in [0.2, 0.25) is 10.0 Å². The highest BCUT2D eigenvalue weighted by Gasteiger charge is 2.14. The van der Waals surface area contributed by atoms with Gasteiger partial charge in [-0.2, -0.15) is 5.26 Å². The molecule has 0 saturated carbocycles. The van der Waals surface area contributed by atoms with Gasteiger partial charge in [-0.05, 0) is 42.8 Å². The van der Waals surface area contributed by atoms with E-state index in [-0.39, 0.29) is 5.69 Å². The Morgan fingerprint density at radius 2 is 1.93 bits per heavy atom. The molecular formula is C20H12Cl2N2O3. The van der Waals surface area contributed by atoms with Gasteiger partial charge < -0.3 is 4.42 Å². The number of nitro benzene ring substituents is 1. The summed E-state index contributed by atoms with van der Waals surface area (Å²) in [4.78, 5) is 10.7. The molecule has 1 aromatic heterocycles. The van der Waals surface area contributed by atoms with E-state index >= 15 is 0 Å². The first-order valence-electron chi connectivity index (χ1n) is 7.81. The number of nitriles is 1. The number of furan rings is 1. The van der Waals surface area contributed by atoms with Crippen LogP contribution in [-0.2, 0) is 0 Å². The summed E-state index contributed by atoms with van der Waals surface area (Å²) in [6.45, 7) is 1.68. The number of allylic oxidation sites excluding steroid dienone is 1. The van der Waals surface area contributed by atoms with Gasteiger partial charge in [0.1, 0.15) is 11.5 Å². The van der Waals surface area contributed by atoms with Gasteiger partial charge in [0.05, 0.1) is 26.6 Å². The van der Waals surface area contributed by atoms with Crippen LogP contribution >= 0.6 is 23.2 Å². The first-order valence-corrected chi connectivity index (χ1v) is 8.57. The van der Waals surface area contributed by atoms with Crippen molar-refractivity contribution in [3.63, 3.8) is 0 Å². The largest absolute Gasteiger partial charge is 0.457 e. The highest BCUT2D eigenvalue weighted by molar-refractivity contribution is 6.42. The molecule has 0 atom stereocenters. The van der Waals surface area contributed by atoms with Crippen LogP contribution < -0.4 is 0 Å². The molecule has 0 amide bonds. The van der Waals surface area contributed by atoms with E-state index in [0.29, 0.717) is 43.8 Å². The van der Waals surface area contributed by atoms with Gasteiger partial charge in [-0.3, -0.25) is 10.1 Å². The van der Waals surface area contributed by atoms with E-state index in [4.69, 9.17) is 27.6 Å². The number of hydrogen-bond acceptors (Lipinski definition) is 4. The maximum atomic E-state index is 11.1. The summed E-state index contributed by atoms with van der Waals surface area (Å²) >= 11 is 11.9. The maximum Gasteiger partial charge on any atom is 0.273 e. The third kappa shape index (κ3) is 4.03. The van der Waals surface area contributed by atoms with Crippen molar-refractivity contribution in [3.05, 3.63) is 85.6 Å². The summed E-state index contributed by atoms with van der Waals surface area (Å²) in [7, 11) is 0. The monoisotopic (exact) mass is 398 g/mol. The zero-order valence-corrected chi connectivity index (χ0v) is 15.6. The van der Waals surface area contributed by atoms with Gasteiger partial charge in [0.15, 0.2) is 0 Å². The van der Waals surface area contributed by atoms with Crippen LogP contribution in [0.15, 0.2) is 52.9 Å². The Hall–Kier alpha value is -3.07. The van der Waals surface area contributed by atoms with Crippen molar-refractivity contribution in [1.82, 2.24) is 0 Å². The smallest absolute Gasteiger partial charge is 0.273 e. The standard InChI is InChI=1S/C20H12Cl2N2O3/c1-12-2-3-14(10-19(12)24(25)26)20-7-5-16(27-20)8-15(11-23)13-4-6-17(21)18(22)9-13/h2-10H,1H3/b15-8-. The highest BCUT2D eigenvalue weighted by Crippen LogP contribution is 2.30. The Kier molecular flexibility index (Phi) is 5.31. The number of rotatable bonds is 4. The molecule has 1 heterocycles. The van der Waals surface area contributed by atoms with Gasteiger partial charge in [0.2, 0.25) is 0 Å². The predicted octanol–water partition coefficient (Wildman–Crippen LogP) is 6.53. The Morgan fingerprint density at radius 3 is 2.59 bits per heavy atom. The molecule has 5 nitrogen and oxygen atoms in total. The van der Waals surface area contributed by atoms with Crippen LogP contribution in [0.5, 0.6) is 0 Å². The van der Waals surface area contributed by atoms with Gasteiger partial charge in [-0.1, -0.05) is 41.4 Å². The van der Waals surface area contributed by atoms with E-state index in [1.807, 2.05) is 0 Å². The van der Waals surface area contributed by atoms with Crippen molar-refractivity contribution in [3.8, 4) is 17.4 Å². The lowest BCUT2D eigenvalue weighted by molar-refractivity contribution is -0.385. The van der Waals surface area contributed by atoms with Crippen molar-refractivity contribution >= 4 is 40.5 Å². The minimum Gasteiger partial charge on any atom is -0.457 e. The summed E-state index contributed by atoms with van der Waals surface area (Å²) in [5.41, 5.74) is 2.14. The Labute approximate surface area is 165 Å². The fourth-order valence-electron chi connectivity index (χ4n) is 2.53. The molecule has 7 heteroatoms. The summed E-state index contributed by atoms with van der Waals surface area (Å²) in [5, 5.41) is 21.3. The summed E-state index contributed by atoms with van der Waals surface area (Å²) in [6.07, 6.45) is 1.58. The molecule has 0 spiro atoms. The maximum absolute atomic E-state index is 11.1. The second kappa shape index (κ2) is 7.67. The second-order valence-electron chi connectivity index (χ2n) is 5.76. The van der Waals surface area contributed by atoms with Crippen LogP contribution in [0.3, 0.4) is 0 Å². The molecule has 0 aliphatic rings. The third-order valence-corrected chi connectivity index (χ3v) is 4.69. The normalized spacial score (nSPS) is 11.3. The number of nitrogens with zero attached hydrogens (tertiary/aromatic N) is 2. The van der Waals surface area contributed by atoms with Crippen LogP contribution in [0.25, 0.3) is 23.0 Å². The molecule has 0 N–H and O–H groups in total. The average molecular weight is 399 g/mol. The van der Waals surface area contributed by atoms with Gasteiger partial charge in [-0.25, -0.2) is 0 Å². The van der Waals surface area contributed by atoms with Crippen molar-refractivity contribution in [1.29, 1.82) is 5.26 Å². The third-order valence-electron chi connectivity index (χ3n) is 3.95. The van der Waals surface area contributed by atoms with Crippen LogP contribution in [-0.4, -0.2) is 4.92 Å². The lowest BCUT2D eigenvalue weighted by Crippen LogP contribution is -1.91. The van der Waals surface area contributed by atoms with Crippen LogP contribution in [0, 0.1) is 28.4 Å². The summed E-state index contributed by atoms with van der Waals surface area (Å²) < 4.78 is 5.74. The number of hydrogen-bond donors (Lipinski definition) is 0. The fraction of sp³-hybridized carbons (Fsp3) is 0.0500. The number of nitro groups is 1. The molecule has 0 unspecified atom stereocenters. The van der Waals surface area contributed by atoms with E-state index in [9.17, 15) is 15.4 Å². The number of aryl methyl sites for hydroxylation is 1. The second-order valence-corrected chi connectivity index (χ2v) is 6.57. The summed E-state index contributed by atoms with van der Waals surface area (Å²) in [5.74, 6) is 0.909. The molecule has 0 fully saturated rings. The SMILES string of the molecule is Cc1ccc(-c2ccc(/C=C(/C#N)c3ccc(Cl)c(Cl)c3)o2)cc1[N+](=O)[O-]. The van der Waals surface area contributed by atoms with Crippen molar-refractivity contribution in [2.75, 3.05) is 0 Å². The van der Waals surface area contributed by atoms with E-state index in [0.717, 1.165) is 0 Å². The molecule has 0 aliphatic carbocycles. The lowest BCUT2D eigenvalue weighted by Gasteiger charge is -2.02. The summed E-state index contributed by atoms with van der Waals surface area (Å²) in [6, 6.07) is 15.3. The fourth-order valence-corrected chi connectivity index (χ4v) is 2.83. The molecule has 27 heavy (non-hydrogen) atoms. The highest BCUT2D eigenvalue weighted by atomic mass is 35.5. The topological polar surface area (TPSA) is 80.1 Å². The van der Waals surface area contributed by atoms with Gasteiger partial charge in [-0.15, -0.1) is 0 Å². The minimum absolute atomic E-state index is 0.0227. The van der Waals surface area contributed by atoms with E-state index in [2.05, 4.69) is 6.07 Å². The Bertz CT molecular complexity index is 1110. The first-order chi connectivity index (χ1) is 12.9. The van der Waals surface area contributed by atoms with Crippen LogP contribution in [0.4, 0.5) is 5.69 Å². The molecular weight excluding hydrogens is 387 g/mol. The first kappa shape index (κ1) is 18.7. The van der Waals surface area contributed by atoms with Gasteiger partial charge in [0, 0.05) is 17.2 Å². The van der Waals surface area contributed by atoms with Gasteiger partial charge in [0.25, 0.3) is 5.69 Å². The number of benzene rings is 2. The molecule has 2 aromatic carbocycles. The predicted molar refractivity (Wildman–Crippen MR) is 105 cm³/mol. The zero-order valence-electron chi connectivity index (χ0n) is 14.1. The molecule has 0 radical (unpaired) electrons. The van der Waals surface area contributed by atoms with E-state index in [1.165, 1.54) is 6.07 Å². The lowest BCUT2D eigenvalue weighted by atomic mass is 10.1. The van der Waals surface area contributed by atoms with Gasteiger partial charge >= 0.3 is 0 Å². The van der Waals surface area contributed by atoms with Crippen molar-refractivity contribution in [2.24, 2.45) is 0 Å². The van der Waals surface area contributed by atoms with Crippen LogP contribution in [0.1, 0.15) is 16.9 Å². The van der Waals surface area contributed by atoms with E-state index in [1.54, 1.807) is 55.5 Å². The van der Waals surface area contributed by atoms with E-state index < -0.39 is 4.92 Å². The molecule has 3 rings (SSSR count). The van der Waals surface area contributed by atoms with Crippen molar-refractivity contribution < 1.29 is 9.34 Å². The number of halogens is 2. The minimum atomic E-state index is -0.430. The zero-order chi connectivity index (χ0) is 19.6. The Morgan fingerprint density at radius 1 is 1.15 bits per heavy atom. The quantitative estimate of drug-likeness (QED) is 0.284. The molecule has 3 aromatic rings. The molecule has 0 aliphatic heterocycles.